The number of hydrogen-bond acceptors (Lipinski definition) is 1. The van der Waals surface area contributed by atoms with Crippen LogP contribution >= 0.6 is 0 Å². The Morgan fingerprint density at radius 2 is 1.08 bits per heavy atom. The number of fused-ring (bicyclic) bond motifs is 4. The summed E-state index contributed by atoms with van der Waals surface area (Å²) in [5.74, 6) is 0. The van der Waals surface area contributed by atoms with Crippen LogP contribution < -0.4 is 4.90 Å². The minimum Gasteiger partial charge on any atom is -0.310 e. The second-order valence-electron chi connectivity index (χ2n) is 13.2. The summed E-state index contributed by atoms with van der Waals surface area (Å²) in [5.41, 5.74) is 7.14. The molecule has 8 aromatic carbocycles. The molecule has 0 saturated carbocycles. The largest absolute Gasteiger partial charge is 0.310 e. The van der Waals surface area contributed by atoms with Gasteiger partial charge in [-0.05, 0) is 103 Å². The Balaban J connectivity index is 1.31. The van der Waals surface area contributed by atoms with Crippen LogP contribution in [0.4, 0.5) is 17.1 Å². The molecule has 1 aliphatic carbocycles. The molecule has 0 fully saturated rings. The topological polar surface area (TPSA) is 3.24 Å². The quantitative estimate of drug-likeness (QED) is 0.174. The van der Waals surface area contributed by atoms with Gasteiger partial charge >= 0.3 is 0 Å². The number of hydrogen-bond donors (Lipinski definition) is 0. The highest BCUT2D eigenvalue weighted by Crippen LogP contribution is 2.50. The summed E-state index contributed by atoms with van der Waals surface area (Å²) >= 11 is 0. The van der Waals surface area contributed by atoms with E-state index in [4.69, 9.17) is 2.74 Å². The molecule has 238 valence electrons. The number of nitrogens with zero attached hydrogens (tertiary/aromatic N) is 1. The molecule has 0 N–H and O–H groups in total. The predicted octanol–water partition coefficient (Wildman–Crippen LogP) is 13.6. The fraction of sp³-hybridized carbons (Fsp3) is 0.0612. The maximum absolute atomic E-state index is 9.84. The lowest BCUT2D eigenvalue weighted by molar-refractivity contribution is 0.660. The first-order valence-corrected chi connectivity index (χ1v) is 16.8. The van der Waals surface area contributed by atoms with Gasteiger partial charge < -0.3 is 4.90 Å². The van der Waals surface area contributed by atoms with Gasteiger partial charge in [-0.2, -0.15) is 0 Å². The van der Waals surface area contributed by atoms with Crippen LogP contribution in [0.1, 0.15) is 35.9 Å². The molecule has 0 saturated heterocycles. The molecule has 0 aliphatic heterocycles. The van der Waals surface area contributed by atoms with Crippen LogP contribution in [0.2, 0.25) is 0 Å². The van der Waals surface area contributed by atoms with Gasteiger partial charge in [-0.25, -0.2) is 0 Å². The Morgan fingerprint density at radius 1 is 0.440 bits per heavy atom. The van der Waals surface area contributed by atoms with Crippen LogP contribution in [-0.4, -0.2) is 0 Å². The summed E-state index contributed by atoms with van der Waals surface area (Å²) < 4.78 is 75.5. The fourth-order valence-electron chi connectivity index (χ4n) is 7.25. The average molecular weight is 648 g/mol. The van der Waals surface area contributed by atoms with Crippen LogP contribution in [0.25, 0.3) is 55.3 Å². The molecule has 9 rings (SSSR count). The highest BCUT2D eigenvalue weighted by molar-refractivity contribution is 5.97. The van der Waals surface area contributed by atoms with E-state index in [1.807, 2.05) is 109 Å². The third kappa shape index (κ3) is 5.11. The molecule has 1 heteroatoms. The smallest absolute Gasteiger partial charge is 0.0651 e. The first kappa shape index (κ1) is 22.5. The van der Waals surface area contributed by atoms with Crippen molar-refractivity contribution in [2.75, 3.05) is 4.90 Å². The molecule has 50 heavy (non-hydrogen) atoms. The predicted molar refractivity (Wildman–Crippen MR) is 213 cm³/mol. The standard InChI is InChI=1S/C49H37N/c1-49(2)47-21-9-8-19-45(47)46-31-30-42(33-48(46)49)50(41-17-10-16-39(32-41)44-20-11-15-38-14-6-7-18-43(38)44)40-28-26-37(27-29-40)36-24-22-35(23-25-36)34-12-4-3-5-13-34/h3-33H,1-2H3/i10D,16D,17D,26D,27D,28D,29D,32D. The lowest BCUT2D eigenvalue weighted by Crippen LogP contribution is -2.16. The fourth-order valence-corrected chi connectivity index (χ4v) is 7.25. The molecule has 1 aliphatic rings. The van der Waals surface area contributed by atoms with E-state index in [-0.39, 0.29) is 58.8 Å². The van der Waals surface area contributed by atoms with Gasteiger partial charge in [0.1, 0.15) is 0 Å². The van der Waals surface area contributed by atoms with Crippen molar-refractivity contribution in [2.45, 2.75) is 19.3 Å². The van der Waals surface area contributed by atoms with Gasteiger partial charge in [-0.15, -0.1) is 0 Å². The number of anilines is 3. The van der Waals surface area contributed by atoms with Crippen LogP contribution in [0.15, 0.2) is 188 Å². The highest BCUT2D eigenvalue weighted by atomic mass is 15.1. The normalized spacial score (nSPS) is 15.0. The van der Waals surface area contributed by atoms with E-state index in [0.29, 0.717) is 16.8 Å². The average Bonchev–Trinajstić information content (AvgIpc) is 3.47. The second-order valence-corrected chi connectivity index (χ2v) is 13.2. The zero-order valence-corrected chi connectivity index (χ0v) is 27.7. The van der Waals surface area contributed by atoms with Crippen molar-refractivity contribution in [2.24, 2.45) is 0 Å². The van der Waals surface area contributed by atoms with Crippen LogP contribution in [0.3, 0.4) is 0 Å². The molecule has 8 aromatic rings. The summed E-state index contributed by atoms with van der Waals surface area (Å²) in [6, 6.07) is 41.6. The Hall–Kier alpha value is -6.18. The zero-order chi connectivity index (χ0) is 40.6. The second kappa shape index (κ2) is 12.1. The number of benzene rings is 8. The maximum Gasteiger partial charge on any atom is 0.0651 e. The van der Waals surface area contributed by atoms with Crippen LogP contribution in [0, 0.1) is 0 Å². The van der Waals surface area contributed by atoms with Gasteiger partial charge in [-0.3, -0.25) is 0 Å². The van der Waals surface area contributed by atoms with Gasteiger partial charge in [-0.1, -0.05) is 165 Å². The van der Waals surface area contributed by atoms with Gasteiger partial charge in [0, 0.05) is 22.5 Å². The monoisotopic (exact) mass is 647 g/mol. The third-order valence-electron chi connectivity index (χ3n) is 9.84. The van der Waals surface area contributed by atoms with Gasteiger partial charge in [0.15, 0.2) is 0 Å². The van der Waals surface area contributed by atoms with Crippen molar-refractivity contribution in [3.05, 3.63) is 199 Å². The molecule has 0 amide bonds. The van der Waals surface area contributed by atoms with E-state index >= 15 is 0 Å². The number of rotatable bonds is 6. The summed E-state index contributed by atoms with van der Waals surface area (Å²) in [5, 5.41) is 1.65. The van der Waals surface area contributed by atoms with E-state index in [1.165, 1.54) is 4.90 Å². The minimum absolute atomic E-state index is 0.113. The molecule has 0 bridgehead atoms. The lowest BCUT2D eigenvalue weighted by atomic mass is 9.82. The van der Waals surface area contributed by atoms with E-state index in [9.17, 15) is 8.22 Å². The summed E-state index contributed by atoms with van der Waals surface area (Å²) in [7, 11) is 0. The van der Waals surface area contributed by atoms with Gasteiger partial charge in [0.05, 0.1) is 11.0 Å². The SMILES string of the molecule is [2H]c1c([2H])c(-c2cccc3ccccc23)c([2H])c(N(c2ccc3c(c2)C(C)(C)c2ccccc2-3)c2c([2H])c([2H])c(-c3ccc(-c4ccccc4)cc3)c([2H])c2[2H])c1[2H]. The Labute approximate surface area is 306 Å². The molecule has 0 unspecified atom stereocenters. The summed E-state index contributed by atoms with van der Waals surface area (Å²) in [6.45, 7) is 4.25. The Bertz CT molecular complexity index is 2920. The van der Waals surface area contributed by atoms with Crippen molar-refractivity contribution in [1.29, 1.82) is 0 Å². The Kier molecular flexibility index (Phi) is 5.41. The summed E-state index contributed by atoms with van der Waals surface area (Å²) in [6.07, 6.45) is 0. The maximum atomic E-state index is 9.84. The van der Waals surface area contributed by atoms with Crippen molar-refractivity contribution in [3.8, 4) is 44.5 Å². The molecule has 1 nitrogen and oxygen atoms in total. The van der Waals surface area contributed by atoms with Crippen molar-refractivity contribution in [3.63, 3.8) is 0 Å². The van der Waals surface area contributed by atoms with Crippen LogP contribution in [-0.2, 0) is 5.41 Å². The van der Waals surface area contributed by atoms with Gasteiger partial charge in [0.2, 0.25) is 0 Å². The third-order valence-corrected chi connectivity index (χ3v) is 9.84. The van der Waals surface area contributed by atoms with Crippen LogP contribution in [0.5, 0.6) is 0 Å². The molecule has 0 aromatic heterocycles. The van der Waals surface area contributed by atoms with E-state index < -0.39 is 17.5 Å². The molecule has 0 radical (unpaired) electrons. The minimum atomic E-state index is -0.453. The molecule has 0 heterocycles. The van der Waals surface area contributed by atoms with E-state index in [0.717, 1.165) is 44.2 Å². The van der Waals surface area contributed by atoms with Crippen molar-refractivity contribution >= 4 is 27.8 Å². The molecular weight excluding hydrogens is 603 g/mol. The molecular formula is C49H37N. The highest BCUT2D eigenvalue weighted by Gasteiger charge is 2.35. The summed E-state index contributed by atoms with van der Waals surface area (Å²) in [4.78, 5) is 1.44. The Morgan fingerprint density at radius 3 is 1.90 bits per heavy atom. The molecule has 0 atom stereocenters. The van der Waals surface area contributed by atoms with Crippen molar-refractivity contribution < 1.29 is 11.0 Å². The molecule has 0 spiro atoms. The van der Waals surface area contributed by atoms with E-state index in [1.54, 1.807) is 18.2 Å². The first-order chi connectivity index (χ1) is 27.9. The van der Waals surface area contributed by atoms with Crippen molar-refractivity contribution in [1.82, 2.24) is 0 Å². The van der Waals surface area contributed by atoms with E-state index in [2.05, 4.69) is 26.0 Å². The zero-order valence-electron chi connectivity index (χ0n) is 35.7. The lowest BCUT2D eigenvalue weighted by Gasteiger charge is -2.28. The first-order valence-electron chi connectivity index (χ1n) is 20.8. The van der Waals surface area contributed by atoms with Gasteiger partial charge in [0.25, 0.3) is 0 Å².